The van der Waals surface area contributed by atoms with E-state index in [0.717, 1.165) is 28.9 Å². The van der Waals surface area contributed by atoms with E-state index in [1.165, 1.54) is 10.4 Å². The lowest BCUT2D eigenvalue weighted by Crippen LogP contribution is -2.44. The Morgan fingerprint density at radius 2 is 1.73 bits per heavy atom. The van der Waals surface area contributed by atoms with Crippen molar-refractivity contribution in [2.24, 2.45) is 5.92 Å². The van der Waals surface area contributed by atoms with Crippen molar-refractivity contribution in [2.45, 2.75) is 38.5 Å². The summed E-state index contributed by atoms with van der Waals surface area (Å²) in [6, 6.07) is 9.44. The fraction of sp³-hybridized carbons (Fsp3) is 0.409. The summed E-state index contributed by atoms with van der Waals surface area (Å²) >= 11 is 5.75. The van der Waals surface area contributed by atoms with Crippen molar-refractivity contribution in [3.63, 3.8) is 0 Å². The maximum Gasteiger partial charge on any atom is 0.243 e. The topological polar surface area (TPSA) is 57.7 Å². The van der Waals surface area contributed by atoms with Crippen LogP contribution in [-0.4, -0.2) is 38.3 Å². The van der Waals surface area contributed by atoms with Gasteiger partial charge in [0.2, 0.25) is 15.9 Å². The van der Waals surface area contributed by atoms with Crippen LogP contribution in [0.2, 0.25) is 5.02 Å². The second kappa shape index (κ2) is 9.04. The van der Waals surface area contributed by atoms with Crippen molar-refractivity contribution >= 4 is 33.2 Å². The van der Waals surface area contributed by atoms with Crippen LogP contribution in [0, 0.1) is 25.6 Å². The third-order valence-corrected chi connectivity index (χ3v) is 7.62. The molecule has 0 aromatic heterocycles. The van der Waals surface area contributed by atoms with E-state index in [-0.39, 0.29) is 34.8 Å². The predicted octanol–water partition coefficient (Wildman–Crippen LogP) is 4.55. The van der Waals surface area contributed by atoms with Gasteiger partial charge >= 0.3 is 0 Å². The normalized spacial score (nSPS) is 15.9. The molecule has 0 spiro atoms. The summed E-state index contributed by atoms with van der Waals surface area (Å²) in [5, 5.41) is -0.229. The minimum atomic E-state index is -3.78. The van der Waals surface area contributed by atoms with Crippen LogP contribution >= 0.6 is 11.6 Å². The van der Waals surface area contributed by atoms with Gasteiger partial charge in [0.05, 0.1) is 9.92 Å². The SMILES string of the molecule is CCN(C(=O)C1CCN(S(=O)(=O)c2ccc(F)c(Cl)c2)CC1)c1cc(C)cc(C)c1. The van der Waals surface area contributed by atoms with Crippen LogP contribution in [0.25, 0.3) is 0 Å². The average molecular weight is 453 g/mol. The lowest BCUT2D eigenvalue weighted by atomic mass is 9.96. The van der Waals surface area contributed by atoms with Gasteiger partial charge in [-0.2, -0.15) is 4.31 Å². The summed E-state index contributed by atoms with van der Waals surface area (Å²) in [5.74, 6) is -0.885. The number of piperidine rings is 1. The summed E-state index contributed by atoms with van der Waals surface area (Å²) in [5.41, 5.74) is 3.06. The number of anilines is 1. The summed E-state index contributed by atoms with van der Waals surface area (Å²) in [7, 11) is -3.78. The number of aryl methyl sites for hydroxylation is 2. The Kier molecular flexibility index (Phi) is 6.84. The molecule has 3 rings (SSSR count). The minimum Gasteiger partial charge on any atom is -0.312 e. The Balaban J connectivity index is 1.72. The predicted molar refractivity (Wildman–Crippen MR) is 117 cm³/mol. The first-order valence-corrected chi connectivity index (χ1v) is 11.8. The van der Waals surface area contributed by atoms with Crippen LogP contribution in [-0.2, 0) is 14.8 Å². The monoisotopic (exact) mass is 452 g/mol. The molecule has 0 atom stereocenters. The number of rotatable bonds is 5. The Morgan fingerprint density at radius 1 is 1.13 bits per heavy atom. The molecule has 8 heteroatoms. The van der Waals surface area contributed by atoms with Gasteiger partial charge in [0, 0.05) is 31.2 Å². The molecule has 2 aromatic carbocycles. The van der Waals surface area contributed by atoms with Crippen molar-refractivity contribution in [3.05, 3.63) is 58.4 Å². The molecular formula is C22H26ClFN2O3S. The minimum absolute atomic E-state index is 0.0179. The van der Waals surface area contributed by atoms with Crippen molar-refractivity contribution in [2.75, 3.05) is 24.5 Å². The second-order valence-corrected chi connectivity index (χ2v) is 10.0. The fourth-order valence-corrected chi connectivity index (χ4v) is 5.66. The van der Waals surface area contributed by atoms with Gasteiger partial charge in [-0.15, -0.1) is 0 Å². The number of hydrogen-bond acceptors (Lipinski definition) is 3. The van der Waals surface area contributed by atoms with E-state index < -0.39 is 15.8 Å². The fourth-order valence-electron chi connectivity index (χ4n) is 3.92. The van der Waals surface area contributed by atoms with Gasteiger partial charge in [0.1, 0.15) is 5.82 Å². The molecule has 1 aliphatic rings. The molecule has 1 fully saturated rings. The molecule has 30 heavy (non-hydrogen) atoms. The van der Waals surface area contributed by atoms with Crippen LogP contribution in [0.5, 0.6) is 0 Å². The third-order valence-electron chi connectivity index (χ3n) is 5.43. The standard InChI is InChI=1S/C22H26ClFN2O3S/c1-4-26(18-12-15(2)11-16(3)13-18)22(27)17-7-9-25(10-8-17)30(28,29)19-5-6-21(24)20(23)14-19/h5-6,11-14,17H,4,7-10H2,1-3H3. The summed E-state index contributed by atoms with van der Waals surface area (Å²) in [4.78, 5) is 14.9. The number of carbonyl (C=O) groups excluding carboxylic acids is 1. The zero-order valence-corrected chi connectivity index (χ0v) is 18.9. The average Bonchev–Trinajstić information content (AvgIpc) is 2.70. The molecule has 0 aliphatic carbocycles. The molecule has 0 N–H and O–H groups in total. The van der Waals surface area contributed by atoms with Crippen molar-refractivity contribution in [1.29, 1.82) is 0 Å². The van der Waals surface area contributed by atoms with Crippen LogP contribution in [0.4, 0.5) is 10.1 Å². The lowest BCUT2D eigenvalue weighted by Gasteiger charge is -2.33. The van der Waals surface area contributed by atoms with E-state index in [1.807, 2.05) is 32.9 Å². The van der Waals surface area contributed by atoms with Gasteiger partial charge in [-0.3, -0.25) is 4.79 Å². The molecule has 5 nitrogen and oxygen atoms in total. The molecule has 1 aliphatic heterocycles. The maximum atomic E-state index is 13.4. The molecular weight excluding hydrogens is 427 g/mol. The maximum absolute atomic E-state index is 13.4. The van der Waals surface area contributed by atoms with Gasteiger partial charge in [0.15, 0.2) is 0 Å². The third kappa shape index (κ3) is 4.68. The van der Waals surface area contributed by atoms with E-state index in [9.17, 15) is 17.6 Å². The highest BCUT2D eigenvalue weighted by atomic mass is 35.5. The molecule has 0 unspecified atom stereocenters. The van der Waals surface area contributed by atoms with Gasteiger partial charge < -0.3 is 4.90 Å². The van der Waals surface area contributed by atoms with Crippen LogP contribution < -0.4 is 4.90 Å². The van der Waals surface area contributed by atoms with Crippen LogP contribution in [0.1, 0.15) is 30.9 Å². The first kappa shape index (κ1) is 22.7. The highest BCUT2D eigenvalue weighted by Gasteiger charge is 2.34. The zero-order chi connectivity index (χ0) is 22.1. The van der Waals surface area contributed by atoms with Crippen molar-refractivity contribution in [3.8, 4) is 0 Å². The molecule has 1 saturated heterocycles. The highest BCUT2D eigenvalue weighted by molar-refractivity contribution is 7.89. The summed E-state index contributed by atoms with van der Waals surface area (Å²) in [6.07, 6.45) is 0.878. The number of amides is 1. The van der Waals surface area contributed by atoms with E-state index in [0.29, 0.717) is 19.4 Å². The molecule has 162 valence electrons. The number of halogens is 2. The summed E-state index contributed by atoms with van der Waals surface area (Å²) < 4.78 is 40.5. The van der Waals surface area contributed by atoms with Gasteiger partial charge in [-0.25, -0.2) is 12.8 Å². The van der Waals surface area contributed by atoms with Gasteiger partial charge in [-0.05, 0) is 75.1 Å². The first-order valence-electron chi connectivity index (χ1n) is 9.98. The van der Waals surface area contributed by atoms with E-state index in [1.54, 1.807) is 4.90 Å². The van der Waals surface area contributed by atoms with E-state index in [4.69, 9.17) is 11.6 Å². The molecule has 0 saturated carbocycles. The molecule has 0 bridgehead atoms. The largest absolute Gasteiger partial charge is 0.312 e. The van der Waals surface area contributed by atoms with Crippen molar-refractivity contribution < 1.29 is 17.6 Å². The Bertz CT molecular complexity index is 1030. The molecule has 2 aromatic rings. The van der Waals surface area contributed by atoms with Gasteiger partial charge in [-0.1, -0.05) is 17.7 Å². The first-order chi connectivity index (χ1) is 14.1. The number of benzene rings is 2. The van der Waals surface area contributed by atoms with Crippen LogP contribution in [0.3, 0.4) is 0 Å². The summed E-state index contributed by atoms with van der Waals surface area (Å²) in [6.45, 7) is 6.96. The molecule has 1 heterocycles. The lowest BCUT2D eigenvalue weighted by molar-refractivity contribution is -0.123. The van der Waals surface area contributed by atoms with Crippen molar-refractivity contribution in [1.82, 2.24) is 4.31 Å². The Hall–Kier alpha value is -1.96. The highest BCUT2D eigenvalue weighted by Crippen LogP contribution is 2.29. The number of carbonyl (C=O) groups is 1. The molecule has 0 radical (unpaired) electrons. The number of hydrogen-bond donors (Lipinski definition) is 0. The smallest absolute Gasteiger partial charge is 0.243 e. The number of sulfonamides is 1. The van der Waals surface area contributed by atoms with E-state index >= 15 is 0 Å². The quantitative estimate of drug-likeness (QED) is 0.668. The van der Waals surface area contributed by atoms with E-state index in [2.05, 4.69) is 6.07 Å². The Labute approximate surface area is 182 Å². The Morgan fingerprint density at radius 3 is 2.27 bits per heavy atom. The zero-order valence-electron chi connectivity index (χ0n) is 17.4. The van der Waals surface area contributed by atoms with Gasteiger partial charge in [0.25, 0.3) is 0 Å². The second-order valence-electron chi connectivity index (χ2n) is 7.68. The number of nitrogens with zero attached hydrogens (tertiary/aromatic N) is 2. The molecule has 1 amide bonds. The van der Waals surface area contributed by atoms with Crippen LogP contribution in [0.15, 0.2) is 41.3 Å².